The Kier molecular flexibility index (Phi) is 7.77. The quantitative estimate of drug-likeness (QED) is 0.350. The average Bonchev–Trinajstić information content (AvgIpc) is 3.24. The zero-order valence-corrected chi connectivity index (χ0v) is 21.2. The molecule has 35 heavy (non-hydrogen) atoms. The Balaban J connectivity index is 1.48. The van der Waals surface area contributed by atoms with Crippen LogP contribution in [0.3, 0.4) is 0 Å². The van der Waals surface area contributed by atoms with Crippen molar-refractivity contribution in [1.82, 2.24) is 5.01 Å². The molecule has 2 aromatic rings. The van der Waals surface area contributed by atoms with E-state index in [0.717, 1.165) is 29.2 Å². The van der Waals surface area contributed by atoms with Gasteiger partial charge in [-0.3, -0.25) is 10.2 Å². The number of aryl methyl sites for hydroxylation is 1. The van der Waals surface area contributed by atoms with Crippen LogP contribution >= 0.6 is 23.4 Å². The van der Waals surface area contributed by atoms with E-state index in [1.807, 2.05) is 38.1 Å². The van der Waals surface area contributed by atoms with Gasteiger partial charge < -0.3 is 14.2 Å². The molecular formula is C25H25ClN4O4S. The number of hydrogen-bond acceptors (Lipinski definition) is 7. The molecule has 2 aromatic carbocycles. The molecule has 0 unspecified atom stereocenters. The first-order chi connectivity index (χ1) is 16.9. The molecular weight excluding hydrogens is 488 g/mol. The standard InChI is InChI=1S/C25H25ClN4O4S/c1-4-5-21-29-30-23(27)18(24(31)28-25(30)35-21)12-16-13-19(26)22(20(14-16)32-3)34-11-10-33-17-8-6-15(2)7-9-17/h6-9,12-14,27H,4-5,10-11H2,1-3H3/b18-12-,27-23?. The van der Waals surface area contributed by atoms with Gasteiger partial charge in [0.25, 0.3) is 5.91 Å². The van der Waals surface area contributed by atoms with E-state index in [1.54, 1.807) is 18.2 Å². The molecule has 0 radical (unpaired) electrons. The summed E-state index contributed by atoms with van der Waals surface area (Å²) in [5, 5.41) is 15.9. The molecule has 182 valence electrons. The van der Waals surface area contributed by atoms with Gasteiger partial charge in [-0.25, -0.2) is 0 Å². The van der Waals surface area contributed by atoms with E-state index in [-0.39, 0.29) is 18.0 Å². The van der Waals surface area contributed by atoms with Gasteiger partial charge in [-0.05, 0) is 67.4 Å². The SMILES string of the molecule is CCCC1=NN2C(=N)/C(=C/c3cc(Cl)c(OCCOc4ccc(C)cc4)c(OC)c3)C(=O)N=C2S1. The van der Waals surface area contributed by atoms with Gasteiger partial charge in [0.05, 0.1) is 17.7 Å². The average molecular weight is 513 g/mol. The third-order valence-corrected chi connectivity index (χ3v) is 6.39. The number of carbonyl (C=O) groups is 1. The number of nitrogens with one attached hydrogen (secondary N) is 1. The summed E-state index contributed by atoms with van der Waals surface area (Å²) < 4.78 is 17.0. The lowest BCUT2D eigenvalue weighted by Gasteiger charge is -2.20. The van der Waals surface area contributed by atoms with E-state index in [0.29, 0.717) is 33.9 Å². The molecule has 0 aliphatic carbocycles. The van der Waals surface area contributed by atoms with Gasteiger partial charge >= 0.3 is 0 Å². The number of aliphatic imine (C=N–C) groups is 1. The number of amides is 1. The summed E-state index contributed by atoms with van der Waals surface area (Å²) in [5.74, 6) is 1.01. The minimum absolute atomic E-state index is 0.0257. The van der Waals surface area contributed by atoms with E-state index in [1.165, 1.54) is 23.9 Å². The van der Waals surface area contributed by atoms with Crippen LogP contribution in [-0.4, -0.2) is 47.3 Å². The molecule has 10 heteroatoms. The molecule has 0 aromatic heterocycles. The number of benzene rings is 2. The molecule has 0 saturated heterocycles. The fourth-order valence-corrected chi connectivity index (χ4v) is 4.67. The van der Waals surface area contributed by atoms with E-state index < -0.39 is 5.91 Å². The molecule has 1 amide bonds. The summed E-state index contributed by atoms with van der Waals surface area (Å²) in [4.78, 5) is 16.7. The first kappa shape index (κ1) is 24.8. The van der Waals surface area contributed by atoms with Crippen molar-refractivity contribution in [3.8, 4) is 17.2 Å². The summed E-state index contributed by atoms with van der Waals surface area (Å²) in [7, 11) is 1.51. The fourth-order valence-electron chi connectivity index (χ4n) is 3.41. The number of amidine groups is 2. The number of hydrazone groups is 1. The van der Waals surface area contributed by atoms with E-state index >= 15 is 0 Å². The molecule has 0 fully saturated rings. The maximum atomic E-state index is 12.6. The predicted molar refractivity (Wildman–Crippen MR) is 140 cm³/mol. The molecule has 8 nitrogen and oxygen atoms in total. The first-order valence-electron chi connectivity index (χ1n) is 11.1. The first-order valence-corrected chi connectivity index (χ1v) is 12.3. The number of methoxy groups -OCH3 is 1. The molecule has 0 bridgehead atoms. The van der Waals surface area contributed by atoms with Gasteiger partial charge in [0, 0.05) is 0 Å². The van der Waals surface area contributed by atoms with Crippen molar-refractivity contribution >= 4 is 51.4 Å². The monoisotopic (exact) mass is 512 g/mol. The molecule has 0 saturated carbocycles. The second-order valence-electron chi connectivity index (χ2n) is 7.81. The van der Waals surface area contributed by atoms with Crippen molar-refractivity contribution in [3.63, 3.8) is 0 Å². The van der Waals surface area contributed by atoms with Crippen LogP contribution in [0, 0.1) is 12.3 Å². The lowest BCUT2D eigenvalue weighted by Crippen LogP contribution is -2.35. The Bertz CT molecular complexity index is 1240. The number of rotatable bonds is 9. The molecule has 0 spiro atoms. The minimum Gasteiger partial charge on any atom is -0.493 e. The topological polar surface area (TPSA) is 96.6 Å². The highest BCUT2D eigenvalue weighted by atomic mass is 35.5. The lowest BCUT2D eigenvalue weighted by atomic mass is 10.1. The minimum atomic E-state index is -0.495. The number of ether oxygens (including phenoxy) is 3. The highest BCUT2D eigenvalue weighted by Gasteiger charge is 2.35. The van der Waals surface area contributed by atoms with Crippen LogP contribution in [0.25, 0.3) is 6.08 Å². The molecule has 2 aliphatic rings. The van der Waals surface area contributed by atoms with Crippen LogP contribution in [0.15, 0.2) is 52.1 Å². The van der Waals surface area contributed by atoms with Gasteiger partial charge in [0.15, 0.2) is 17.3 Å². The maximum absolute atomic E-state index is 12.6. The number of fused-ring (bicyclic) bond motifs is 1. The predicted octanol–water partition coefficient (Wildman–Crippen LogP) is 5.53. The second-order valence-corrected chi connectivity index (χ2v) is 9.26. The highest BCUT2D eigenvalue weighted by Crippen LogP contribution is 2.38. The number of halogens is 1. The Hall–Kier alpha value is -3.30. The van der Waals surface area contributed by atoms with Crippen molar-refractivity contribution in [1.29, 1.82) is 5.41 Å². The van der Waals surface area contributed by atoms with Crippen LogP contribution in [0.2, 0.25) is 5.02 Å². The van der Waals surface area contributed by atoms with Gasteiger partial charge in [-0.1, -0.05) is 36.2 Å². The zero-order valence-electron chi connectivity index (χ0n) is 19.6. The summed E-state index contributed by atoms with van der Waals surface area (Å²) >= 11 is 7.81. The van der Waals surface area contributed by atoms with Gasteiger partial charge in [0.2, 0.25) is 5.17 Å². The van der Waals surface area contributed by atoms with Crippen molar-refractivity contribution in [3.05, 3.63) is 58.1 Å². The summed E-state index contributed by atoms with van der Waals surface area (Å²) in [6.45, 7) is 4.65. The van der Waals surface area contributed by atoms with Crippen molar-refractivity contribution < 1.29 is 19.0 Å². The normalized spacial score (nSPS) is 16.2. The summed E-state index contributed by atoms with van der Waals surface area (Å²) in [5.41, 5.74) is 1.85. The Morgan fingerprint density at radius 1 is 1.17 bits per heavy atom. The second kappa shape index (κ2) is 11.0. The van der Waals surface area contributed by atoms with E-state index in [4.69, 9.17) is 31.2 Å². The smallest absolute Gasteiger partial charge is 0.283 e. The summed E-state index contributed by atoms with van der Waals surface area (Å²) in [6.07, 6.45) is 3.24. The van der Waals surface area contributed by atoms with Crippen molar-refractivity contribution in [2.24, 2.45) is 10.1 Å². The molecule has 2 heterocycles. The van der Waals surface area contributed by atoms with Crippen molar-refractivity contribution in [2.45, 2.75) is 26.7 Å². The third kappa shape index (κ3) is 5.68. The van der Waals surface area contributed by atoms with Crippen LogP contribution in [-0.2, 0) is 4.79 Å². The third-order valence-electron chi connectivity index (χ3n) is 5.14. The number of thioether (sulfide) groups is 1. The molecule has 2 aliphatic heterocycles. The zero-order chi connectivity index (χ0) is 24.9. The van der Waals surface area contributed by atoms with Gasteiger partial charge in [-0.15, -0.1) is 0 Å². The van der Waals surface area contributed by atoms with E-state index in [9.17, 15) is 4.79 Å². The number of hydrogen-bond donors (Lipinski definition) is 1. The molecule has 0 atom stereocenters. The number of nitrogens with zero attached hydrogens (tertiary/aromatic N) is 3. The van der Waals surface area contributed by atoms with Crippen molar-refractivity contribution in [2.75, 3.05) is 20.3 Å². The Labute approximate surface area is 213 Å². The lowest BCUT2D eigenvalue weighted by molar-refractivity contribution is -0.114. The number of carbonyl (C=O) groups excluding carboxylic acids is 1. The molecule has 1 N–H and O–H groups in total. The van der Waals surface area contributed by atoms with Gasteiger partial charge in [0.1, 0.15) is 24.0 Å². The highest BCUT2D eigenvalue weighted by molar-refractivity contribution is 8.26. The van der Waals surface area contributed by atoms with Crippen LogP contribution in [0.1, 0.15) is 30.9 Å². The van der Waals surface area contributed by atoms with Gasteiger partial charge in [-0.2, -0.15) is 15.1 Å². The van der Waals surface area contributed by atoms with Crippen LogP contribution in [0.4, 0.5) is 0 Å². The summed E-state index contributed by atoms with van der Waals surface area (Å²) in [6, 6.07) is 11.1. The van der Waals surface area contributed by atoms with E-state index in [2.05, 4.69) is 10.1 Å². The Morgan fingerprint density at radius 3 is 2.63 bits per heavy atom. The molecule has 4 rings (SSSR count). The largest absolute Gasteiger partial charge is 0.493 e. The fraction of sp³-hybridized carbons (Fsp3) is 0.280. The Morgan fingerprint density at radius 2 is 1.91 bits per heavy atom. The van der Waals surface area contributed by atoms with Crippen LogP contribution in [0.5, 0.6) is 17.2 Å². The van der Waals surface area contributed by atoms with Crippen LogP contribution < -0.4 is 14.2 Å². The maximum Gasteiger partial charge on any atom is 0.283 e.